The molecule has 2 fully saturated rings. The van der Waals surface area contributed by atoms with Gasteiger partial charge in [-0.05, 0) is 64.2 Å². The number of likely N-dealkylation sites (tertiary alicyclic amines) is 1. The van der Waals surface area contributed by atoms with Crippen molar-refractivity contribution in [1.29, 1.82) is 0 Å². The number of carbonyl (C=O) groups is 1. The third-order valence-corrected chi connectivity index (χ3v) is 5.41. The Balaban J connectivity index is 1.84. The Bertz CT molecular complexity index is 330. The summed E-state index contributed by atoms with van der Waals surface area (Å²) in [6, 6.07) is 0. The second kappa shape index (κ2) is 5.63. The Kier molecular flexibility index (Phi) is 4.49. The summed E-state index contributed by atoms with van der Waals surface area (Å²) in [5.41, 5.74) is 0.123. The molecule has 3 nitrogen and oxygen atoms in total. The fourth-order valence-corrected chi connectivity index (χ4v) is 3.96. The molecule has 1 spiro atoms. The molecule has 1 aliphatic carbocycles. The van der Waals surface area contributed by atoms with Gasteiger partial charge in [-0.1, -0.05) is 15.9 Å². The second-order valence-electron chi connectivity index (χ2n) is 7.23. The van der Waals surface area contributed by atoms with Gasteiger partial charge in [-0.3, -0.25) is 0 Å². The van der Waals surface area contributed by atoms with Gasteiger partial charge in [0.15, 0.2) is 0 Å². The van der Waals surface area contributed by atoms with Crippen LogP contribution in [-0.2, 0) is 4.74 Å². The van der Waals surface area contributed by atoms with Crippen LogP contribution < -0.4 is 0 Å². The molecule has 0 aromatic rings. The number of amides is 1. The lowest BCUT2D eigenvalue weighted by molar-refractivity contribution is 0.0104. The number of nitrogens with zero attached hydrogens (tertiary/aromatic N) is 1. The van der Waals surface area contributed by atoms with Crippen LogP contribution in [0.25, 0.3) is 0 Å². The van der Waals surface area contributed by atoms with E-state index in [0.717, 1.165) is 37.2 Å². The van der Waals surface area contributed by atoms with Gasteiger partial charge in [-0.25, -0.2) is 4.79 Å². The molecule has 1 amide bonds. The molecule has 0 N–H and O–H groups in total. The monoisotopic (exact) mass is 331 g/mol. The van der Waals surface area contributed by atoms with Gasteiger partial charge < -0.3 is 9.64 Å². The summed E-state index contributed by atoms with van der Waals surface area (Å²) < 4.78 is 5.45. The average molecular weight is 332 g/mol. The van der Waals surface area contributed by atoms with Gasteiger partial charge in [0.05, 0.1) is 0 Å². The minimum absolute atomic E-state index is 0.141. The fourth-order valence-electron chi connectivity index (χ4n) is 3.40. The molecule has 4 heteroatoms. The van der Waals surface area contributed by atoms with Gasteiger partial charge in [0.25, 0.3) is 0 Å². The zero-order valence-electron chi connectivity index (χ0n) is 12.4. The summed E-state index contributed by atoms with van der Waals surface area (Å²) in [4.78, 5) is 13.9. The number of halogens is 1. The van der Waals surface area contributed by atoms with Crippen LogP contribution in [0.15, 0.2) is 0 Å². The molecule has 110 valence electrons. The third kappa shape index (κ3) is 3.87. The van der Waals surface area contributed by atoms with Crippen molar-refractivity contribution in [2.24, 2.45) is 11.3 Å². The van der Waals surface area contributed by atoms with E-state index in [1.807, 2.05) is 25.7 Å². The molecule has 0 radical (unpaired) electrons. The van der Waals surface area contributed by atoms with Crippen molar-refractivity contribution in [3.63, 3.8) is 0 Å². The van der Waals surface area contributed by atoms with E-state index in [9.17, 15) is 4.79 Å². The number of carbonyl (C=O) groups excluding carboxylic acids is 1. The Morgan fingerprint density at radius 1 is 1.32 bits per heavy atom. The molecule has 2 aliphatic rings. The molecule has 0 aromatic carbocycles. The van der Waals surface area contributed by atoms with Crippen molar-refractivity contribution < 1.29 is 9.53 Å². The fraction of sp³-hybridized carbons (Fsp3) is 0.933. The zero-order chi connectivity index (χ0) is 14.1. The first-order valence-corrected chi connectivity index (χ1v) is 8.50. The minimum Gasteiger partial charge on any atom is -0.444 e. The maximum absolute atomic E-state index is 12.0. The van der Waals surface area contributed by atoms with Crippen LogP contribution in [-0.4, -0.2) is 35.0 Å². The number of hydrogen-bond donors (Lipinski definition) is 0. The van der Waals surface area contributed by atoms with Crippen molar-refractivity contribution in [3.05, 3.63) is 0 Å². The zero-order valence-corrected chi connectivity index (χ0v) is 14.0. The van der Waals surface area contributed by atoms with Crippen molar-refractivity contribution in [2.75, 3.05) is 18.4 Å². The van der Waals surface area contributed by atoms with E-state index < -0.39 is 0 Å². The van der Waals surface area contributed by atoms with Gasteiger partial charge in [0, 0.05) is 18.4 Å². The number of alkyl halides is 1. The lowest BCUT2D eigenvalue weighted by Gasteiger charge is -2.40. The molecule has 2 rings (SSSR count). The van der Waals surface area contributed by atoms with Gasteiger partial charge in [-0.15, -0.1) is 0 Å². The average Bonchev–Trinajstić information content (AvgIpc) is 2.71. The van der Waals surface area contributed by atoms with Crippen molar-refractivity contribution >= 4 is 22.0 Å². The van der Waals surface area contributed by atoms with Gasteiger partial charge >= 0.3 is 6.09 Å². The highest BCUT2D eigenvalue weighted by Crippen LogP contribution is 2.49. The first-order chi connectivity index (χ1) is 8.84. The largest absolute Gasteiger partial charge is 0.444 e. The van der Waals surface area contributed by atoms with E-state index in [1.54, 1.807) is 0 Å². The highest BCUT2D eigenvalue weighted by molar-refractivity contribution is 9.09. The minimum atomic E-state index is -0.388. The van der Waals surface area contributed by atoms with Gasteiger partial charge in [0.1, 0.15) is 5.60 Å². The van der Waals surface area contributed by atoms with Crippen molar-refractivity contribution in [1.82, 2.24) is 4.90 Å². The van der Waals surface area contributed by atoms with E-state index >= 15 is 0 Å². The molecule has 1 unspecified atom stereocenters. The van der Waals surface area contributed by atoms with Gasteiger partial charge in [0.2, 0.25) is 0 Å². The summed E-state index contributed by atoms with van der Waals surface area (Å²) in [6.07, 6.45) is 6.17. The van der Waals surface area contributed by atoms with E-state index in [1.165, 1.54) is 19.3 Å². The first-order valence-electron chi connectivity index (χ1n) is 7.37. The van der Waals surface area contributed by atoms with Crippen LogP contribution in [0.5, 0.6) is 0 Å². The van der Waals surface area contributed by atoms with Crippen molar-refractivity contribution in [3.8, 4) is 0 Å². The summed E-state index contributed by atoms with van der Waals surface area (Å²) >= 11 is 3.61. The number of hydrogen-bond acceptors (Lipinski definition) is 2. The Labute approximate surface area is 125 Å². The molecular weight excluding hydrogens is 306 g/mol. The number of ether oxygens (including phenoxy) is 1. The number of rotatable bonds is 1. The highest BCUT2D eigenvalue weighted by atomic mass is 79.9. The lowest BCUT2D eigenvalue weighted by atomic mass is 9.76. The van der Waals surface area contributed by atoms with Crippen LogP contribution >= 0.6 is 15.9 Å². The van der Waals surface area contributed by atoms with Gasteiger partial charge in [-0.2, -0.15) is 0 Å². The Morgan fingerprint density at radius 3 is 2.42 bits per heavy atom. The predicted octanol–water partition coefficient (Wildman–Crippen LogP) is 4.20. The maximum Gasteiger partial charge on any atom is 0.410 e. The summed E-state index contributed by atoms with van der Waals surface area (Å²) in [5, 5.41) is 1.13. The molecule has 19 heavy (non-hydrogen) atoms. The van der Waals surface area contributed by atoms with Crippen LogP contribution in [0.4, 0.5) is 4.79 Å². The molecule has 1 aliphatic heterocycles. The summed E-state index contributed by atoms with van der Waals surface area (Å²) in [6.45, 7) is 7.50. The molecule has 1 heterocycles. The second-order valence-corrected chi connectivity index (χ2v) is 7.88. The van der Waals surface area contributed by atoms with E-state index in [2.05, 4.69) is 15.9 Å². The highest BCUT2D eigenvalue weighted by Gasteiger charge is 2.42. The van der Waals surface area contributed by atoms with Crippen LogP contribution in [0.2, 0.25) is 0 Å². The predicted molar refractivity (Wildman–Crippen MR) is 80.6 cm³/mol. The maximum atomic E-state index is 12.0. The topological polar surface area (TPSA) is 29.5 Å². The molecular formula is C15H26BrNO2. The quantitative estimate of drug-likeness (QED) is 0.674. The smallest absolute Gasteiger partial charge is 0.410 e. The molecule has 0 bridgehead atoms. The van der Waals surface area contributed by atoms with Crippen LogP contribution in [0.1, 0.15) is 52.9 Å². The SMILES string of the molecule is CC(C)(C)OC(=O)N1CCC2(CCC(CBr)C2)CC1. The molecule has 1 atom stereocenters. The standard InChI is InChI=1S/C15H26BrNO2/c1-14(2,3)19-13(18)17-8-6-15(7-9-17)5-4-12(10-15)11-16/h12H,4-11H2,1-3H3. The Hall–Kier alpha value is -0.250. The molecule has 1 saturated carbocycles. The molecule has 0 aromatic heterocycles. The van der Waals surface area contributed by atoms with E-state index in [0.29, 0.717) is 5.41 Å². The first kappa shape index (κ1) is 15.1. The van der Waals surface area contributed by atoms with E-state index in [4.69, 9.17) is 4.74 Å². The summed E-state index contributed by atoms with van der Waals surface area (Å²) in [7, 11) is 0. The van der Waals surface area contributed by atoms with Crippen LogP contribution in [0.3, 0.4) is 0 Å². The normalized spacial score (nSPS) is 26.7. The van der Waals surface area contributed by atoms with Crippen molar-refractivity contribution in [2.45, 2.75) is 58.5 Å². The third-order valence-electron chi connectivity index (χ3n) is 4.50. The summed E-state index contributed by atoms with van der Waals surface area (Å²) in [5.74, 6) is 0.841. The number of piperidine rings is 1. The lowest BCUT2D eigenvalue weighted by Crippen LogP contribution is -2.44. The molecule has 1 saturated heterocycles. The Morgan fingerprint density at radius 2 is 1.95 bits per heavy atom. The van der Waals surface area contributed by atoms with E-state index in [-0.39, 0.29) is 11.7 Å². The van der Waals surface area contributed by atoms with Crippen LogP contribution in [0, 0.1) is 11.3 Å².